The van der Waals surface area contributed by atoms with E-state index < -0.39 is 0 Å². The van der Waals surface area contributed by atoms with E-state index in [4.69, 9.17) is 9.72 Å². The van der Waals surface area contributed by atoms with Crippen LogP contribution in [0.5, 0.6) is 11.5 Å². The summed E-state index contributed by atoms with van der Waals surface area (Å²) in [5.41, 5.74) is 6.74. The molecule has 4 aromatic carbocycles. The molecule has 6 heteroatoms. The fourth-order valence-electron chi connectivity index (χ4n) is 8.08. The molecule has 0 amide bonds. The van der Waals surface area contributed by atoms with Crippen molar-refractivity contribution in [2.75, 3.05) is 9.80 Å². The number of aromatic nitrogens is 2. The Kier molecular flexibility index (Phi) is 7.44. The number of anilines is 3. The molecule has 2 fully saturated rings. The smallest absolute Gasteiger partial charge is 0.135 e. The monoisotopic (exact) mass is 796 g/mol. The second-order valence-corrected chi connectivity index (χ2v) is 14.2. The van der Waals surface area contributed by atoms with Crippen LogP contribution < -0.4 is 14.5 Å². The van der Waals surface area contributed by atoms with Crippen molar-refractivity contribution in [1.82, 2.24) is 9.55 Å². The van der Waals surface area contributed by atoms with Gasteiger partial charge in [-0.3, -0.25) is 0 Å². The van der Waals surface area contributed by atoms with Gasteiger partial charge in [-0.05, 0) is 77.8 Å². The minimum Gasteiger partial charge on any atom is -0.509 e. The van der Waals surface area contributed by atoms with Crippen molar-refractivity contribution >= 4 is 38.9 Å². The van der Waals surface area contributed by atoms with Gasteiger partial charge >= 0.3 is 0 Å². The first kappa shape index (κ1) is 30.3. The topological polar surface area (TPSA) is 33.5 Å². The first-order valence-corrected chi connectivity index (χ1v) is 16.5. The SMILES string of the molecule is CC(C)(C)c1ccnc(-n2c3[c-]c(Oc4[c-]c(N5[CH-]N(C6CC7CCC6C7)c6ccccc65)ccc4)ccc3c3ccccc32)c1.[Pt]. The molecule has 3 aliphatic rings. The Balaban J connectivity index is 0.00000324. The molecule has 3 unspecified atom stereocenters. The van der Waals surface area contributed by atoms with Crippen LogP contribution in [0.4, 0.5) is 17.1 Å². The molecule has 2 aliphatic carbocycles. The standard InChI is InChI=1S/C41H37N4O.Pt/c1-41(2,3)29-19-20-42-40(23-29)45-35-12-5-4-11-33(35)34-18-17-32(25-39(34)45)46-31-10-8-9-30(24-31)43-26-44(37-14-7-6-13-36(37)43)38-22-27-15-16-28(38)21-27;/h4-14,17-20,23,26-28,38H,15-16,21-22H2,1-3H3;/q-3;. The van der Waals surface area contributed by atoms with E-state index in [9.17, 15) is 0 Å². The minimum absolute atomic E-state index is 0. The van der Waals surface area contributed by atoms with Crippen LogP contribution in [-0.4, -0.2) is 15.6 Å². The maximum atomic E-state index is 6.51. The second-order valence-electron chi connectivity index (χ2n) is 14.2. The Labute approximate surface area is 291 Å². The molecule has 240 valence electrons. The molecular formula is C41H37N4OPt-3. The average Bonchev–Trinajstić information content (AvgIpc) is 3.86. The average molecular weight is 797 g/mol. The third-order valence-electron chi connectivity index (χ3n) is 10.3. The summed E-state index contributed by atoms with van der Waals surface area (Å²) in [6.07, 6.45) is 7.33. The molecule has 6 aromatic rings. The quantitative estimate of drug-likeness (QED) is 0.163. The van der Waals surface area contributed by atoms with Crippen molar-refractivity contribution in [2.45, 2.75) is 57.9 Å². The summed E-state index contributed by atoms with van der Waals surface area (Å²) in [6.45, 7) is 8.99. The summed E-state index contributed by atoms with van der Waals surface area (Å²) in [5, 5.41) is 2.28. The first-order chi connectivity index (χ1) is 22.4. The Morgan fingerprint density at radius 3 is 2.43 bits per heavy atom. The Hall–Kier alpha value is -4.08. The number of ether oxygens (including phenoxy) is 1. The molecule has 0 radical (unpaired) electrons. The molecule has 2 bridgehead atoms. The Morgan fingerprint density at radius 2 is 1.62 bits per heavy atom. The van der Waals surface area contributed by atoms with Gasteiger partial charge in [0.05, 0.1) is 0 Å². The van der Waals surface area contributed by atoms with Gasteiger partial charge in [0.15, 0.2) is 0 Å². The number of rotatable bonds is 5. The molecule has 3 atom stereocenters. The molecule has 2 saturated carbocycles. The van der Waals surface area contributed by atoms with Crippen LogP contribution >= 0.6 is 0 Å². The molecule has 5 nitrogen and oxygen atoms in total. The number of hydrogen-bond acceptors (Lipinski definition) is 4. The third kappa shape index (κ3) is 5.15. The van der Waals surface area contributed by atoms with E-state index in [0.29, 0.717) is 17.5 Å². The maximum absolute atomic E-state index is 6.51. The number of fused-ring (bicyclic) bond motifs is 6. The van der Waals surface area contributed by atoms with Gasteiger partial charge in [-0.1, -0.05) is 63.0 Å². The molecule has 47 heavy (non-hydrogen) atoms. The zero-order valence-electron chi connectivity index (χ0n) is 26.9. The summed E-state index contributed by atoms with van der Waals surface area (Å²) in [4.78, 5) is 9.62. The van der Waals surface area contributed by atoms with Crippen LogP contribution in [0.15, 0.2) is 97.2 Å². The van der Waals surface area contributed by atoms with Crippen molar-refractivity contribution in [3.63, 3.8) is 0 Å². The number of hydrogen-bond donors (Lipinski definition) is 0. The van der Waals surface area contributed by atoms with Gasteiger partial charge < -0.3 is 19.1 Å². The van der Waals surface area contributed by atoms with Gasteiger partial charge in [0.25, 0.3) is 0 Å². The van der Waals surface area contributed by atoms with Crippen molar-refractivity contribution in [3.8, 4) is 17.3 Å². The van der Waals surface area contributed by atoms with Crippen LogP contribution in [0, 0.1) is 30.6 Å². The van der Waals surface area contributed by atoms with E-state index in [1.807, 2.05) is 18.3 Å². The van der Waals surface area contributed by atoms with Crippen LogP contribution in [0.2, 0.25) is 0 Å². The summed E-state index contributed by atoms with van der Waals surface area (Å²) in [6, 6.07) is 39.6. The number of pyridine rings is 1. The van der Waals surface area contributed by atoms with E-state index in [1.54, 1.807) is 0 Å². The molecule has 0 N–H and O–H groups in total. The van der Waals surface area contributed by atoms with E-state index in [-0.39, 0.29) is 26.5 Å². The largest absolute Gasteiger partial charge is 0.509 e. The fourth-order valence-corrected chi connectivity index (χ4v) is 8.08. The molecule has 1 aliphatic heterocycles. The molecule has 0 spiro atoms. The molecule has 9 rings (SSSR count). The number of benzene rings is 4. The second kappa shape index (κ2) is 11.6. The number of para-hydroxylation sites is 3. The van der Waals surface area contributed by atoms with Gasteiger partial charge in [0.2, 0.25) is 0 Å². The van der Waals surface area contributed by atoms with E-state index in [2.05, 4.69) is 133 Å². The van der Waals surface area contributed by atoms with E-state index in [1.165, 1.54) is 48.0 Å². The summed E-state index contributed by atoms with van der Waals surface area (Å²) >= 11 is 0. The zero-order valence-corrected chi connectivity index (χ0v) is 29.2. The van der Waals surface area contributed by atoms with Crippen LogP contribution in [0.3, 0.4) is 0 Å². The van der Waals surface area contributed by atoms with Gasteiger partial charge in [0, 0.05) is 61.7 Å². The third-order valence-corrected chi connectivity index (χ3v) is 10.3. The predicted octanol–water partition coefficient (Wildman–Crippen LogP) is 10.1. The van der Waals surface area contributed by atoms with Crippen molar-refractivity contribution in [1.29, 1.82) is 0 Å². The van der Waals surface area contributed by atoms with Crippen LogP contribution in [0.1, 0.15) is 52.0 Å². The van der Waals surface area contributed by atoms with Gasteiger partial charge in [-0.25, -0.2) is 4.98 Å². The van der Waals surface area contributed by atoms with E-state index in [0.717, 1.165) is 39.8 Å². The molecule has 0 saturated heterocycles. The van der Waals surface area contributed by atoms with E-state index >= 15 is 0 Å². The summed E-state index contributed by atoms with van der Waals surface area (Å²) in [7, 11) is 0. The molecule has 3 heterocycles. The minimum atomic E-state index is 0. The van der Waals surface area contributed by atoms with Gasteiger partial charge in [0.1, 0.15) is 5.82 Å². The normalized spacial score (nSPS) is 20.2. The Bertz CT molecular complexity index is 2110. The first-order valence-electron chi connectivity index (χ1n) is 16.5. The van der Waals surface area contributed by atoms with Gasteiger partial charge in [-0.2, -0.15) is 18.8 Å². The van der Waals surface area contributed by atoms with Crippen LogP contribution in [-0.2, 0) is 26.5 Å². The van der Waals surface area contributed by atoms with Crippen molar-refractivity contribution < 1.29 is 25.8 Å². The predicted molar refractivity (Wildman–Crippen MR) is 186 cm³/mol. The van der Waals surface area contributed by atoms with Gasteiger partial charge in [-0.15, -0.1) is 41.4 Å². The number of nitrogens with zero attached hydrogens (tertiary/aromatic N) is 4. The summed E-state index contributed by atoms with van der Waals surface area (Å²) < 4.78 is 8.71. The Morgan fingerprint density at radius 1 is 0.809 bits per heavy atom. The summed E-state index contributed by atoms with van der Waals surface area (Å²) in [5.74, 6) is 3.86. The zero-order chi connectivity index (χ0) is 31.0. The fraction of sp³-hybridized carbons (Fsp3) is 0.268. The molecular weight excluding hydrogens is 760 g/mol. The maximum Gasteiger partial charge on any atom is 0.135 e. The van der Waals surface area contributed by atoms with Crippen molar-refractivity contribution in [3.05, 3.63) is 122 Å². The molecule has 2 aromatic heterocycles. The van der Waals surface area contributed by atoms with Crippen molar-refractivity contribution in [2.24, 2.45) is 11.8 Å². The van der Waals surface area contributed by atoms with Crippen LogP contribution in [0.25, 0.3) is 27.6 Å².